The van der Waals surface area contributed by atoms with Gasteiger partial charge < -0.3 is 4.90 Å². The first kappa shape index (κ1) is 12.6. The van der Waals surface area contributed by atoms with Crippen molar-refractivity contribution >= 4 is 11.4 Å². The van der Waals surface area contributed by atoms with Crippen LogP contribution in [0.3, 0.4) is 0 Å². The van der Waals surface area contributed by atoms with Gasteiger partial charge >= 0.3 is 0 Å². The average molecular weight is 272 g/mol. The molecule has 0 aliphatic carbocycles. The van der Waals surface area contributed by atoms with Crippen molar-refractivity contribution in [2.24, 2.45) is 0 Å². The maximum absolute atomic E-state index is 13.4. The quantitative estimate of drug-likeness (QED) is 0.622. The zero-order valence-corrected chi connectivity index (χ0v) is 10.8. The standard InChI is InChI=1S/C15H13FN2O2/c16-13-5-6-14(18(19)20)15(9-13)17-8-7-11-3-1-2-4-12(11)10-17/h1-6,9H,7-8,10H2. The predicted octanol–water partition coefficient (Wildman–Crippen LogP) is 3.30. The third-order valence-electron chi connectivity index (χ3n) is 3.61. The molecule has 5 heteroatoms. The van der Waals surface area contributed by atoms with Crippen LogP contribution in [-0.2, 0) is 13.0 Å². The minimum atomic E-state index is -0.463. The van der Waals surface area contributed by atoms with E-state index in [1.54, 1.807) is 0 Å². The molecule has 3 rings (SSSR count). The zero-order chi connectivity index (χ0) is 14.1. The summed E-state index contributed by atoms with van der Waals surface area (Å²) in [6, 6.07) is 11.6. The van der Waals surface area contributed by atoms with E-state index in [0.29, 0.717) is 18.8 Å². The number of hydrogen-bond donors (Lipinski definition) is 0. The van der Waals surface area contributed by atoms with Gasteiger partial charge in [0, 0.05) is 25.2 Å². The Hall–Kier alpha value is -2.43. The lowest BCUT2D eigenvalue weighted by Crippen LogP contribution is -2.30. The van der Waals surface area contributed by atoms with Crippen molar-refractivity contribution in [1.82, 2.24) is 0 Å². The van der Waals surface area contributed by atoms with Crippen molar-refractivity contribution in [2.45, 2.75) is 13.0 Å². The van der Waals surface area contributed by atoms with Crippen LogP contribution in [0.15, 0.2) is 42.5 Å². The highest BCUT2D eigenvalue weighted by atomic mass is 19.1. The van der Waals surface area contributed by atoms with Gasteiger partial charge in [-0.25, -0.2) is 4.39 Å². The summed E-state index contributed by atoms with van der Waals surface area (Å²) < 4.78 is 13.4. The molecule has 0 saturated heterocycles. The number of benzene rings is 2. The molecule has 0 radical (unpaired) electrons. The zero-order valence-electron chi connectivity index (χ0n) is 10.8. The van der Waals surface area contributed by atoms with Crippen LogP contribution in [0, 0.1) is 15.9 Å². The van der Waals surface area contributed by atoms with Gasteiger partial charge in [0.2, 0.25) is 0 Å². The summed E-state index contributed by atoms with van der Waals surface area (Å²) in [7, 11) is 0. The molecule has 1 aliphatic heterocycles. The first-order valence-electron chi connectivity index (χ1n) is 6.41. The lowest BCUT2D eigenvalue weighted by molar-refractivity contribution is -0.384. The first-order chi connectivity index (χ1) is 9.65. The van der Waals surface area contributed by atoms with Crippen LogP contribution < -0.4 is 4.90 Å². The fraction of sp³-hybridized carbons (Fsp3) is 0.200. The Morgan fingerprint density at radius 3 is 2.65 bits per heavy atom. The van der Waals surface area contributed by atoms with E-state index >= 15 is 0 Å². The molecular weight excluding hydrogens is 259 g/mol. The SMILES string of the molecule is O=[N+]([O-])c1ccc(F)cc1N1CCc2ccccc2C1. The molecule has 0 saturated carbocycles. The van der Waals surface area contributed by atoms with E-state index < -0.39 is 10.7 Å². The topological polar surface area (TPSA) is 46.4 Å². The summed E-state index contributed by atoms with van der Waals surface area (Å²) in [6.07, 6.45) is 0.809. The van der Waals surface area contributed by atoms with Gasteiger partial charge in [0.15, 0.2) is 0 Å². The van der Waals surface area contributed by atoms with E-state index in [-0.39, 0.29) is 5.69 Å². The van der Waals surface area contributed by atoms with Gasteiger partial charge in [0.25, 0.3) is 5.69 Å². The minimum Gasteiger partial charge on any atom is -0.361 e. The van der Waals surface area contributed by atoms with Gasteiger partial charge in [-0.15, -0.1) is 0 Å². The summed E-state index contributed by atoms with van der Waals surface area (Å²) in [5.74, 6) is -0.454. The number of fused-ring (bicyclic) bond motifs is 1. The molecule has 0 fully saturated rings. The van der Waals surface area contributed by atoms with E-state index in [9.17, 15) is 14.5 Å². The van der Waals surface area contributed by atoms with Crippen molar-refractivity contribution < 1.29 is 9.31 Å². The van der Waals surface area contributed by atoms with Crippen molar-refractivity contribution in [3.63, 3.8) is 0 Å². The third-order valence-corrected chi connectivity index (χ3v) is 3.61. The monoisotopic (exact) mass is 272 g/mol. The fourth-order valence-corrected chi connectivity index (χ4v) is 2.61. The second kappa shape index (κ2) is 4.92. The van der Waals surface area contributed by atoms with E-state index in [0.717, 1.165) is 18.1 Å². The number of halogens is 1. The van der Waals surface area contributed by atoms with Crippen LogP contribution >= 0.6 is 0 Å². The molecule has 0 spiro atoms. The second-order valence-electron chi connectivity index (χ2n) is 4.83. The molecule has 2 aromatic carbocycles. The summed E-state index contributed by atoms with van der Waals surface area (Å²) in [5, 5.41) is 11.1. The Morgan fingerprint density at radius 2 is 1.90 bits per heavy atom. The van der Waals surface area contributed by atoms with Gasteiger partial charge in [-0.05, 0) is 23.6 Å². The third kappa shape index (κ3) is 2.22. The van der Waals surface area contributed by atoms with Gasteiger partial charge in [0.05, 0.1) is 4.92 Å². The highest BCUT2D eigenvalue weighted by Crippen LogP contribution is 2.32. The van der Waals surface area contributed by atoms with Crippen molar-refractivity contribution in [1.29, 1.82) is 0 Å². The lowest BCUT2D eigenvalue weighted by atomic mass is 9.99. The summed E-state index contributed by atoms with van der Waals surface area (Å²) in [6.45, 7) is 1.22. The molecule has 1 heterocycles. The Balaban J connectivity index is 1.99. The molecule has 0 N–H and O–H groups in total. The minimum absolute atomic E-state index is 0.0502. The molecule has 0 bridgehead atoms. The molecular formula is C15H13FN2O2. The molecule has 2 aromatic rings. The van der Waals surface area contributed by atoms with Crippen LogP contribution in [0.4, 0.5) is 15.8 Å². The number of nitro benzene ring substituents is 1. The number of nitrogens with zero attached hydrogens (tertiary/aromatic N) is 2. The van der Waals surface area contributed by atoms with E-state index in [2.05, 4.69) is 6.07 Å². The molecule has 0 amide bonds. The number of hydrogen-bond acceptors (Lipinski definition) is 3. The normalized spacial score (nSPS) is 13.9. The van der Waals surface area contributed by atoms with Gasteiger partial charge in [-0.3, -0.25) is 10.1 Å². The Bertz CT molecular complexity index is 673. The smallest absolute Gasteiger partial charge is 0.292 e. The van der Waals surface area contributed by atoms with Crippen molar-refractivity contribution in [3.05, 3.63) is 69.5 Å². The number of anilines is 1. The van der Waals surface area contributed by atoms with E-state index in [1.807, 2.05) is 23.1 Å². The lowest BCUT2D eigenvalue weighted by Gasteiger charge is -2.30. The molecule has 0 aromatic heterocycles. The number of rotatable bonds is 2. The van der Waals surface area contributed by atoms with Crippen LogP contribution in [0.2, 0.25) is 0 Å². The predicted molar refractivity (Wildman–Crippen MR) is 74.3 cm³/mol. The Labute approximate surface area is 115 Å². The molecule has 0 unspecified atom stereocenters. The summed E-state index contributed by atoms with van der Waals surface area (Å²) in [4.78, 5) is 12.5. The Morgan fingerprint density at radius 1 is 1.15 bits per heavy atom. The van der Waals surface area contributed by atoms with Crippen LogP contribution in [0.5, 0.6) is 0 Å². The summed E-state index contributed by atoms with van der Waals surface area (Å²) in [5.41, 5.74) is 2.69. The van der Waals surface area contributed by atoms with Crippen LogP contribution in [0.25, 0.3) is 0 Å². The first-order valence-corrected chi connectivity index (χ1v) is 6.41. The van der Waals surface area contributed by atoms with Gasteiger partial charge in [0.1, 0.15) is 11.5 Å². The van der Waals surface area contributed by atoms with E-state index in [1.165, 1.54) is 17.7 Å². The van der Waals surface area contributed by atoms with Crippen molar-refractivity contribution in [2.75, 3.05) is 11.4 Å². The fourth-order valence-electron chi connectivity index (χ4n) is 2.61. The highest BCUT2D eigenvalue weighted by Gasteiger charge is 2.23. The summed E-state index contributed by atoms with van der Waals surface area (Å²) >= 11 is 0. The molecule has 0 atom stereocenters. The molecule has 102 valence electrons. The number of nitro groups is 1. The van der Waals surface area contributed by atoms with Crippen LogP contribution in [-0.4, -0.2) is 11.5 Å². The second-order valence-corrected chi connectivity index (χ2v) is 4.83. The van der Waals surface area contributed by atoms with Crippen molar-refractivity contribution in [3.8, 4) is 0 Å². The highest BCUT2D eigenvalue weighted by molar-refractivity contribution is 5.64. The molecule has 4 nitrogen and oxygen atoms in total. The molecule has 20 heavy (non-hydrogen) atoms. The average Bonchev–Trinajstić information content (AvgIpc) is 2.46. The van der Waals surface area contributed by atoms with Gasteiger partial charge in [-0.1, -0.05) is 24.3 Å². The van der Waals surface area contributed by atoms with E-state index in [4.69, 9.17) is 0 Å². The Kier molecular flexibility index (Phi) is 3.10. The largest absolute Gasteiger partial charge is 0.361 e. The maximum atomic E-state index is 13.4. The van der Waals surface area contributed by atoms with Crippen LogP contribution in [0.1, 0.15) is 11.1 Å². The van der Waals surface area contributed by atoms with Gasteiger partial charge in [-0.2, -0.15) is 0 Å². The molecule has 1 aliphatic rings. The maximum Gasteiger partial charge on any atom is 0.292 e.